The number of hydrogen-bond donors (Lipinski definition) is 2. The largest absolute Gasteiger partial charge is 0.240 e. The lowest BCUT2D eigenvalue weighted by molar-refractivity contribution is 0.568. The molecule has 8 heteroatoms. The van der Waals surface area contributed by atoms with Crippen molar-refractivity contribution in [3.8, 4) is 11.1 Å². The maximum Gasteiger partial charge on any atom is 0.240 e. The fraction of sp³-hybridized carbons (Fsp3) is 0.368. The molecule has 0 saturated heterocycles. The Balaban J connectivity index is 1.97. The van der Waals surface area contributed by atoms with E-state index in [4.69, 9.17) is 0 Å². The molecule has 0 amide bonds. The molecule has 146 valence electrons. The minimum Gasteiger partial charge on any atom is -0.209 e. The molecule has 27 heavy (non-hydrogen) atoms. The van der Waals surface area contributed by atoms with Crippen LogP contribution in [-0.2, 0) is 26.5 Å². The van der Waals surface area contributed by atoms with Crippen LogP contribution in [0, 0.1) is 0 Å². The third kappa shape index (κ3) is 4.08. The van der Waals surface area contributed by atoms with Gasteiger partial charge in [0, 0.05) is 12.1 Å². The van der Waals surface area contributed by atoms with Gasteiger partial charge in [0.2, 0.25) is 20.0 Å². The first kappa shape index (κ1) is 20.0. The number of rotatable bonds is 6. The van der Waals surface area contributed by atoms with E-state index < -0.39 is 20.0 Å². The molecule has 3 rings (SSSR count). The second-order valence-corrected chi connectivity index (χ2v) is 10.8. The van der Waals surface area contributed by atoms with Gasteiger partial charge in [-0.2, -0.15) is 0 Å². The number of nitrogens with one attached hydrogen (secondary N) is 2. The predicted octanol–water partition coefficient (Wildman–Crippen LogP) is 2.63. The van der Waals surface area contributed by atoms with Crippen molar-refractivity contribution in [1.29, 1.82) is 0 Å². The van der Waals surface area contributed by atoms with Gasteiger partial charge < -0.3 is 0 Å². The zero-order valence-corrected chi connectivity index (χ0v) is 17.4. The smallest absolute Gasteiger partial charge is 0.209 e. The van der Waals surface area contributed by atoms with E-state index in [1.807, 2.05) is 0 Å². The highest BCUT2D eigenvalue weighted by molar-refractivity contribution is 7.89. The summed E-state index contributed by atoms with van der Waals surface area (Å²) in [4.78, 5) is 0.439. The van der Waals surface area contributed by atoms with Crippen molar-refractivity contribution < 1.29 is 16.8 Å². The van der Waals surface area contributed by atoms with Gasteiger partial charge in [-0.05, 0) is 80.6 Å². The van der Waals surface area contributed by atoms with Crippen LogP contribution in [0.3, 0.4) is 0 Å². The minimum atomic E-state index is -3.57. The highest BCUT2D eigenvalue weighted by atomic mass is 32.2. The lowest BCUT2D eigenvalue weighted by Gasteiger charge is -2.11. The average molecular weight is 409 g/mol. The summed E-state index contributed by atoms with van der Waals surface area (Å²) in [6.07, 6.45) is 0.501. The summed E-state index contributed by atoms with van der Waals surface area (Å²) in [7, 11) is -7.14. The first-order valence-electron chi connectivity index (χ1n) is 8.80. The van der Waals surface area contributed by atoms with Gasteiger partial charge in [0.05, 0.1) is 9.79 Å². The van der Waals surface area contributed by atoms with E-state index in [1.54, 1.807) is 64.1 Å². The molecule has 0 radical (unpaired) electrons. The Kier molecular flexibility index (Phi) is 5.20. The van der Waals surface area contributed by atoms with Crippen LogP contribution in [0.5, 0.6) is 0 Å². The van der Waals surface area contributed by atoms with E-state index in [0.29, 0.717) is 6.42 Å². The topological polar surface area (TPSA) is 92.3 Å². The molecule has 2 aromatic rings. The van der Waals surface area contributed by atoms with Gasteiger partial charge in [0.25, 0.3) is 0 Å². The van der Waals surface area contributed by atoms with Crippen LogP contribution in [0.4, 0.5) is 0 Å². The van der Waals surface area contributed by atoms with E-state index in [1.165, 1.54) is 0 Å². The first-order chi connectivity index (χ1) is 12.5. The first-order valence-corrected chi connectivity index (χ1v) is 11.8. The Bertz CT molecular complexity index is 1000. The lowest BCUT2D eigenvalue weighted by atomic mass is 10.1. The van der Waals surface area contributed by atoms with Crippen LogP contribution in [0.15, 0.2) is 46.2 Å². The molecule has 0 atom stereocenters. The van der Waals surface area contributed by atoms with Crippen LogP contribution in [-0.4, -0.2) is 28.9 Å². The van der Waals surface area contributed by atoms with E-state index in [0.717, 1.165) is 22.3 Å². The Hall–Kier alpha value is -1.74. The van der Waals surface area contributed by atoms with Crippen LogP contribution in [0.2, 0.25) is 0 Å². The summed E-state index contributed by atoms with van der Waals surface area (Å²) >= 11 is 0. The summed E-state index contributed by atoms with van der Waals surface area (Å²) in [6, 6.07) is 9.70. The molecule has 0 fully saturated rings. The van der Waals surface area contributed by atoms with Crippen molar-refractivity contribution in [2.24, 2.45) is 0 Å². The molecule has 0 saturated carbocycles. The number of hydrogen-bond acceptors (Lipinski definition) is 4. The molecule has 2 aromatic carbocycles. The Labute approximate surface area is 161 Å². The normalized spacial score (nSPS) is 13.9. The molecule has 0 aliphatic heterocycles. The number of fused-ring (bicyclic) bond motifs is 3. The average Bonchev–Trinajstić information content (AvgIpc) is 2.89. The molecule has 0 spiro atoms. The molecule has 1 aliphatic carbocycles. The third-order valence-electron chi connectivity index (χ3n) is 4.23. The summed E-state index contributed by atoms with van der Waals surface area (Å²) in [5.41, 5.74) is 3.63. The minimum absolute atomic E-state index is 0.193. The Morgan fingerprint density at radius 2 is 1.07 bits per heavy atom. The molecule has 0 unspecified atom stereocenters. The molecule has 0 heterocycles. The molecule has 2 N–H and O–H groups in total. The highest BCUT2D eigenvalue weighted by Crippen LogP contribution is 2.38. The van der Waals surface area contributed by atoms with Crippen molar-refractivity contribution >= 4 is 20.0 Å². The molecule has 0 bridgehead atoms. The van der Waals surface area contributed by atoms with Crippen molar-refractivity contribution in [3.05, 3.63) is 47.5 Å². The van der Waals surface area contributed by atoms with Gasteiger partial charge in [-0.3, -0.25) is 0 Å². The maximum atomic E-state index is 12.4. The van der Waals surface area contributed by atoms with Crippen molar-refractivity contribution in [3.63, 3.8) is 0 Å². The summed E-state index contributed by atoms with van der Waals surface area (Å²) < 4.78 is 54.8. The second kappa shape index (κ2) is 7.01. The Morgan fingerprint density at radius 3 is 1.41 bits per heavy atom. The molecular weight excluding hydrogens is 384 g/mol. The predicted molar refractivity (Wildman–Crippen MR) is 106 cm³/mol. The van der Waals surface area contributed by atoms with Crippen LogP contribution >= 0.6 is 0 Å². The van der Waals surface area contributed by atoms with Crippen molar-refractivity contribution in [2.45, 2.75) is 56.0 Å². The fourth-order valence-electron chi connectivity index (χ4n) is 3.25. The van der Waals surface area contributed by atoms with E-state index in [2.05, 4.69) is 9.44 Å². The zero-order chi connectivity index (χ0) is 20.0. The SMILES string of the molecule is CC(C)NS(=O)(=O)c1ccc2c(c1)Cc1cc(S(=O)(=O)NC(C)C)ccc1-2. The second-order valence-electron chi connectivity index (χ2n) is 7.37. The third-order valence-corrected chi connectivity index (χ3v) is 7.54. The van der Waals surface area contributed by atoms with Crippen molar-refractivity contribution in [2.75, 3.05) is 0 Å². The fourth-order valence-corrected chi connectivity index (χ4v) is 5.86. The summed E-state index contributed by atoms with van der Waals surface area (Å²) in [5.74, 6) is 0. The van der Waals surface area contributed by atoms with Gasteiger partial charge in [0.15, 0.2) is 0 Å². The quantitative estimate of drug-likeness (QED) is 0.656. The summed E-state index contributed by atoms with van der Waals surface area (Å²) in [5, 5.41) is 0. The monoisotopic (exact) mass is 408 g/mol. The molecule has 1 aliphatic rings. The lowest BCUT2D eigenvalue weighted by Crippen LogP contribution is -2.30. The van der Waals surface area contributed by atoms with Crippen LogP contribution in [0.25, 0.3) is 11.1 Å². The maximum absolute atomic E-state index is 12.4. The van der Waals surface area contributed by atoms with Gasteiger partial charge in [0.1, 0.15) is 0 Å². The molecule has 6 nitrogen and oxygen atoms in total. The van der Waals surface area contributed by atoms with Gasteiger partial charge in [-0.15, -0.1) is 0 Å². The Morgan fingerprint density at radius 1 is 0.704 bits per heavy atom. The summed E-state index contributed by atoms with van der Waals surface area (Å²) in [6.45, 7) is 7.09. The van der Waals surface area contributed by atoms with Gasteiger partial charge >= 0.3 is 0 Å². The molecule has 0 aromatic heterocycles. The van der Waals surface area contributed by atoms with E-state index in [9.17, 15) is 16.8 Å². The van der Waals surface area contributed by atoms with Crippen LogP contribution < -0.4 is 9.44 Å². The van der Waals surface area contributed by atoms with E-state index >= 15 is 0 Å². The zero-order valence-electron chi connectivity index (χ0n) is 15.8. The van der Waals surface area contributed by atoms with Crippen LogP contribution in [0.1, 0.15) is 38.8 Å². The van der Waals surface area contributed by atoms with E-state index in [-0.39, 0.29) is 21.9 Å². The van der Waals surface area contributed by atoms with Gasteiger partial charge in [-0.1, -0.05) is 12.1 Å². The standard InChI is InChI=1S/C19H24N2O4S2/c1-12(2)20-26(22,23)16-5-7-18-14(10-16)9-15-11-17(6-8-19(15)18)27(24,25)21-13(3)4/h5-8,10-13,20-21H,9H2,1-4H3. The highest BCUT2D eigenvalue weighted by Gasteiger charge is 2.25. The van der Waals surface area contributed by atoms with Gasteiger partial charge in [-0.25, -0.2) is 26.3 Å². The van der Waals surface area contributed by atoms with Crippen molar-refractivity contribution in [1.82, 2.24) is 9.44 Å². The number of benzene rings is 2. The number of sulfonamides is 2. The molecular formula is C19H24N2O4S2.